The average molecular weight is 476 g/mol. The minimum atomic E-state index is -1.00. The van der Waals surface area contributed by atoms with Gasteiger partial charge < -0.3 is 15.2 Å². The maximum absolute atomic E-state index is 12.1. The van der Waals surface area contributed by atoms with Crippen LogP contribution in [0.25, 0.3) is 0 Å². The van der Waals surface area contributed by atoms with E-state index in [4.69, 9.17) is 0 Å². The lowest BCUT2D eigenvalue weighted by atomic mass is 10.4. The summed E-state index contributed by atoms with van der Waals surface area (Å²) < 4.78 is 14.2. The molecule has 0 aliphatic carbocycles. The third kappa shape index (κ3) is 7.10. The summed E-state index contributed by atoms with van der Waals surface area (Å²) >= 11 is 0. The first-order valence-electron chi connectivity index (χ1n) is 7.99. The predicted octanol–water partition coefficient (Wildman–Crippen LogP) is 1.43. The Morgan fingerprint density at radius 2 is 1.96 bits per heavy atom. The molecule has 0 saturated heterocycles. The van der Waals surface area contributed by atoms with Crippen LogP contribution >= 0.6 is 24.0 Å². The Labute approximate surface area is 168 Å². The number of aliphatic imine (C=N–C) groups is 1. The Hall–Kier alpha value is -1.49. The van der Waals surface area contributed by atoms with Crippen molar-refractivity contribution in [2.75, 3.05) is 25.9 Å². The largest absolute Gasteiger partial charge is 0.355 e. The number of nitrogens with zero attached hydrogens (tertiary/aromatic N) is 4. The smallest absolute Gasteiger partial charge is 0.191 e. The lowest BCUT2D eigenvalue weighted by Crippen LogP contribution is -2.40. The zero-order chi connectivity index (χ0) is 17.2. The Balaban J connectivity index is 0.00000312. The van der Waals surface area contributed by atoms with Gasteiger partial charge in [0, 0.05) is 43.8 Å². The van der Waals surface area contributed by atoms with Gasteiger partial charge in [-0.05, 0) is 12.1 Å². The van der Waals surface area contributed by atoms with Crippen molar-refractivity contribution in [2.24, 2.45) is 4.99 Å². The van der Waals surface area contributed by atoms with Crippen molar-refractivity contribution < 1.29 is 4.21 Å². The number of aryl methyl sites for hydroxylation is 1. The van der Waals surface area contributed by atoms with E-state index in [-0.39, 0.29) is 24.0 Å². The van der Waals surface area contributed by atoms with Gasteiger partial charge in [-0.15, -0.1) is 34.2 Å². The third-order valence-electron chi connectivity index (χ3n) is 3.47. The summed E-state index contributed by atoms with van der Waals surface area (Å²) in [6.45, 7) is 4.13. The molecule has 0 radical (unpaired) electrons. The molecule has 2 N–H and O–H groups in total. The van der Waals surface area contributed by atoms with Gasteiger partial charge in [-0.3, -0.25) is 9.20 Å². The number of hydrogen-bond acceptors (Lipinski definition) is 4. The number of halogens is 1. The van der Waals surface area contributed by atoms with E-state index in [0.29, 0.717) is 24.8 Å². The SMILES string of the molecule is CCc1nncn1CCNC(=NC)NCCS(=O)c1ccccc1.I. The lowest BCUT2D eigenvalue weighted by molar-refractivity contribution is 0.633. The normalized spacial score (nSPS) is 12.3. The van der Waals surface area contributed by atoms with Gasteiger partial charge in [-0.2, -0.15) is 0 Å². The number of hydrogen-bond donors (Lipinski definition) is 2. The van der Waals surface area contributed by atoms with Crippen LogP contribution in [-0.4, -0.2) is 50.8 Å². The van der Waals surface area contributed by atoms with E-state index in [1.807, 2.05) is 34.9 Å². The fourth-order valence-corrected chi connectivity index (χ4v) is 3.19. The van der Waals surface area contributed by atoms with Crippen LogP contribution in [0.5, 0.6) is 0 Å². The second kappa shape index (κ2) is 12.0. The summed E-state index contributed by atoms with van der Waals surface area (Å²) in [7, 11) is 0.720. The van der Waals surface area contributed by atoms with Crippen molar-refractivity contribution in [1.82, 2.24) is 25.4 Å². The lowest BCUT2D eigenvalue weighted by Gasteiger charge is -2.12. The van der Waals surface area contributed by atoms with Gasteiger partial charge in [0.15, 0.2) is 5.96 Å². The van der Waals surface area contributed by atoms with Gasteiger partial charge in [-0.1, -0.05) is 25.1 Å². The molecule has 0 bridgehead atoms. The number of guanidine groups is 1. The fraction of sp³-hybridized carbons (Fsp3) is 0.438. The average Bonchev–Trinajstić information content (AvgIpc) is 3.08. The Morgan fingerprint density at radius 3 is 2.64 bits per heavy atom. The molecule has 1 aromatic carbocycles. The maximum Gasteiger partial charge on any atom is 0.191 e. The number of benzene rings is 1. The zero-order valence-electron chi connectivity index (χ0n) is 14.5. The first kappa shape index (κ1) is 21.6. The molecule has 0 saturated carbocycles. The molecule has 0 aliphatic rings. The minimum absolute atomic E-state index is 0. The third-order valence-corrected chi connectivity index (χ3v) is 4.84. The van der Waals surface area contributed by atoms with Gasteiger partial charge in [0.05, 0.1) is 10.8 Å². The molecule has 2 aromatic rings. The Bertz CT molecular complexity index is 676. The highest BCUT2D eigenvalue weighted by Gasteiger charge is 2.04. The van der Waals surface area contributed by atoms with Crippen molar-refractivity contribution >= 4 is 40.7 Å². The minimum Gasteiger partial charge on any atom is -0.355 e. The highest BCUT2D eigenvalue weighted by Crippen LogP contribution is 2.04. The molecular weight excluding hydrogens is 451 g/mol. The second-order valence-corrected chi connectivity index (χ2v) is 6.65. The fourth-order valence-electron chi connectivity index (χ4n) is 2.21. The molecule has 1 aromatic heterocycles. The van der Waals surface area contributed by atoms with Crippen LogP contribution in [0.2, 0.25) is 0 Å². The predicted molar refractivity (Wildman–Crippen MR) is 112 cm³/mol. The van der Waals surface area contributed by atoms with E-state index >= 15 is 0 Å². The highest BCUT2D eigenvalue weighted by atomic mass is 127. The van der Waals surface area contributed by atoms with Crippen LogP contribution < -0.4 is 10.6 Å². The standard InChI is InChI=1S/C16H24N6OS.HI/c1-3-15-21-20-13-22(15)11-9-18-16(17-2)19-10-12-24(23)14-7-5-4-6-8-14;/h4-8,13H,3,9-12H2,1-2H3,(H2,17,18,19);1H. The molecule has 0 amide bonds. The van der Waals surface area contributed by atoms with Gasteiger partial charge in [-0.25, -0.2) is 0 Å². The molecular formula is C16H25IN6OS. The van der Waals surface area contributed by atoms with Gasteiger partial charge >= 0.3 is 0 Å². The van der Waals surface area contributed by atoms with Crippen LogP contribution in [0.3, 0.4) is 0 Å². The molecule has 0 fully saturated rings. The van der Waals surface area contributed by atoms with Crippen molar-refractivity contribution in [3.05, 3.63) is 42.5 Å². The van der Waals surface area contributed by atoms with Crippen LogP contribution in [-0.2, 0) is 23.8 Å². The number of rotatable bonds is 8. The summed E-state index contributed by atoms with van der Waals surface area (Å²) in [5.74, 6) is 2.21. The van der Waals surface area contributed by atoms with E-state index in [9.17, 15) is 4.21 Å². The van der Waals surface area contributed by atoms with E-state index in [0.717, 1.165) is 23.7 Å². The first-order valence-corrected chi connectivity index (χ1v) is 9.31. The molecule has 9 heteroatoms. The molecule has 7 nitrogen and oxygen atoms in total. The number of aromatic nitrogens is 3. The molecule has 0 aliphatic heterocycles. The van der Waals surface area contributed by atoms with E-state index in [2.05, 4.69) is 32.7 Å². The summed E-state index contributed by atoms with van der Waals surface area (Å²) in [4.78, 5) is 5.02. The van der Waals surface area contributed by atoms with Crippen LogP contribution in [0.15, 0.2) is 46.5 Å². The molecule has 1 atom stereocenters. The quantitative estimate of drug-likeness (QED) is 0.342. The summed E-state index contributed by atoms with van der Waals surface area (Å²) in [5.41, 5.74) is 0. The van der Waals surface area contributed by atoms with Gasteiger partial charge in [0.25, 0.3) is 0 Å². The summed E-state index contributed by atoms with van der Waals surface area (Å²) in [6.07, 6.45) is 2.60. The van der Waals surface area contributed by atoms with Gasteiger partial charge in [0.2, 0.25) is 0 Å². The van der Waals surface area contributed by atoms with Crippen molar-refractivity contribution in [3.8, 4) is 0 Å². The molecule has 2 rings (SSSR count). The molecule has 1 unspecified atom stereocenters. The second-order valence-electron chi connectivity index (χ2n) is 5.08. The maximum atomic E-state index is 12.1. The van der Waals surface area contributed by atoms with Gasteiger partial charge in [0.1, 0.15) is 12.2 Å². The summed E-state index contributed by atoms with van der Waals surface area (Å²) in [6, 6.07) is 9.49. The Kier molecular flexibility index (Phi) is 10.3. The topological polar surface area (TPSA) is 84.2 Å². The molecule has 1 heterocycles. The molecule has 25 heavy (non-hydrogen) atoms. The van der Waals surface area contributed by atoms with Crippen molar-refractivity contribution in [2.45, 2.75) is 24.8 Å². The highest BCUT2D eigenvalue weighted by molar-refractivity contribution is 14.0. The van der Waals surface area contributed by atoms with Crippen LogP contribution in [0, 0.1) is 0 Å². The van der Waals surface area contributed by atoms with E-state index in [1.165, 1.54) is 0 Å². The van der Waals surface area contributed by atoms with Crippen LogP contribution in [0.4, 0.5) is 0 Å². The van der Waals surface area contributed by atoms with Crippen molar-refractivity contribution in [1.29, 1.82) is 0 Å². The Morgan fingerprint density at radius 1 is 1.24 bits per heavy atom. The number of nitrogens with one attached hydrogen (secondary N) is 2. The molecule has 0 spiro atoms. The van der Waals surface area contributed by atoms with Crippen molar-refractivity contribution in [3.63, 3.8) is 0 Å². The van der Waals surface area contributed by atoms with Crippen LogP contribution in [0.1, 0.15) is 12.7 Å². The van der Waals surface area contributed by atoms with E-state index in [1.54, 1.807) is 13.4 Å². The van der Waals surface area contributed by atoms with E-state index < -0.39 is 10.8 Å². The first-order chi connectivity index (χ1) is 11.7. The molecule has 138 valence electrons. The monoisotopic (exact) mass is 476 g/mol. The summed E-state index contributed by atoms with van der Waals surface area (Å²) in [5, 5.41) is 14.4. The zero-order valence-corrected chi connectivity index (χ0v) is 17.7.